The molecule has 0 aliphatic rings. The molecule has 6 aromatic heterocycles. The standard InChI is InChI=1S/2C9H10N4O.C8H8N4O/c1-6-3-10-8(12-9(6)14)7-4-13(2)5-11-7;1-6-5-11-7(12-9(6)14)8-10-3-4-13(8)2;1-5-2-10-7(12-8(5)13)6-3-9-4-11-6/h3-5H,1-2H3,(H,10,12,14);3-5H,1-2H3,(H,11,12,14);2-4H,1H3,(H,9,11)(H,10,12,13). The van der Waals surface area contributed by atoms with Crippen molar-refractivity contribution in [2.75, 3.05) is 0 Å². The Morgan fingerprint density at radius 2 is 1.24 bits per heavy atom. The molecule has 210 valence electrons. The van der Waals surface area contributed by atoms with E-state index in [1.54, 1.807) is 73.4 Å². The lowest BCUT2D eigenvalue weighted by Gasteiger charge is -2.00. The molecule has 0 saturated heterocycles. The van der Waals surface area contributed by atoms with Crippen molar-refractivity contribution in [2.24, 2.45) is 14.1 Å². The van der Waals surface area contributed by atoms with Crippen LogP contribution in [0.15, 0.2) is 70.4 Å². The third-order valence-corrected chi connectivity index (χ3v) is 5.67. The van der Waals surface area contributed by atoms with Crippen molar-refractivity contribution in [1.29, 1.82) is 0 Å². The Bertz CT molecular complexity index is 1930. The van der Waals surface area contributed by atoms with Gasteiger partial charge in [-0.1, -0.05) is 0 Å². The zero-order valence-electron chi connectivity index (χ0n) is 23.0. The fraction of sp³-hybridized carbons (Fsp3) is 0.192. The molecule has 6 aromatic rings. The van der Waals surface area contributed by atoms with Gasteiger partial charge in [-0.25, -0.2) is 29.9 Å². The van der Waals surface area contributed by atoms with Gasteiger partial charge in [-0.2, -0.15) is 0 Å². The van der Waals surface area contributed by atoms with E-state index in [2.05, 4.69) is 49.8 Å². The minimum absolute atomic E-state index is 0.124. The Morgan fingerprint density at radius 1 is 0.683 bits per heavy atom. The first-order chi connectivity index (χ1) is 19.6. The molecule has 0 aliphatic heterocycles. The van der Waals surface area contributed by atoms with Gasteiger partial charge in [0.25, 0.3) is 16.7 Å². The normalized spacial score (nSPS) is 10.4. The molecule has 0 saturated carbocycles. The van der Waals surface area contributed by atoms with E-state index in [9.17, 15) is 14.4 Å². The molecule has 0 aromatic carbocycles. The third-order valence-electron chi connectivity index (χ3n) is 5.67. The van der Waals surface area contributed by atoms with E-state index in [0.717, 1.165) is 0 Å². The zero-order valence-corrected chi connectivity index (χ0v) is 23.0. The second-order valence-electron chi connectivity index (χ2n) is 8.98. The number of nitrogens with zero attached hydrogens (tertiary/aromatic N) is 8. The van der Waals surface area contributed by atoms with Crippen LogP contribution in [-0.4, -0.2) is 59.0 Å². The molecule has 0 bridgehead atoms. The summed E-state index contributed by atoms with van der Waals surface area (Å²) in [5.74, 6) is 2.16. The summed E-state index contributed by atoms with van der Waals surface area (Å²) in [7, 11) is 3.71. The van der Waals surface area contributed by atoms with Crippen molar-refractivity contribution >= 4 is 0 Å². The first-order valence-corrected chi connectivity index (χ1v) is 12.2. The molecule has 6 heterocycles. The Kier molecular flexibility index (Phi) is 8.57. The average molecular weight is 557 g/mol. The highest BCUT2D eigenvalue weighted by Gasteiger charge is 2.06. The maximum atomic E-state index is 11.3. The minimum Gasteiger partial charge on any atom is -0.342 e. The number of aryl methyl sites for hydroxylation is 5. The van der Waals surface area contributed by atoms with E-state index < -0.39 is 0 Å². The van der Waals surface area contributed by atoms with Gasteiger partial charge in [-0.15, -0.1) is 0 Å². The van der Waals surface area contributed by atoms with Crippen LogP contribution in [0.4, 0.5) is 0 Å². The summed E-state index contributed by atoms with van der Waals surface area (Å²) in [5, 5.41) is 0. The predicted molar refractivity (Wildman–Crippen MR) is 151 cm³/mol. The van der Waals surface area contributed by atoms with Gasteiger partial charge in [0.15, 0.2) is 23.3 Å². The van der Waals surface area contributed by atoms with E-state index in [-0.39, 0.29) is 16.7 Å². The predicted octanol–water partition coefficient (Wildman–Crippen LogP) is 1.43. The van der Waals surface area contributed by atoms with Gasteiger partial charge in [0.2, 0.25) is 0 Å². The molecule has 0 amide bonds. The molecule has 0 spiro atoms. The highest BCUT2D eigenvalue weighted by Crippen LogP contribution is 2.09. The monoisotopic (exact) mass is 556 g/mol. The summed E-state index contributed by atoms with van der Waals surface area (Å²) >= 11 is 0. The van der Waals surface area contributed by atoms with Crippen molar-refractivity contribution in [1.82, 2.24) is 59.0 Å². The molecule has 15 nitrogen and oxygen atoms in total. The van der Waals surface area contributed by atoms with Gasteiger partial charge >= 0.3 is 0 Å². The van der Waals surface area contributed by atoms with Gasteiger partial charge < -0.3 is 29.1 Å². The molecular weight excluding hydrogens is 528 g/mol. The van der Waals surface area contributed by atoms with Crippen LogP contribution in [0.5, 0.6) is 0 Å². The summed E-state index contributed by atoms with van der Waals surface area (Å²) in [5.41, 5.74) is 2.80. The second-order valence-corrected chi connectivity index (χ2v) is 8.98. The molecule has 0 atom stereocenters. The largest absolute Gasteiger partial charge is 0.342 e. The second kappa shape index (κ2) is 12.4. The molecule has 0 unspecified atom stereocenters. The lowest BCUT2D eigenvalue weighted by Crippen LogP contribution is -2.12. The number of imidazole rings is 3. The maximum Gasteiger partial charge on any atom is 0.254 e. The zero-order chi connectivity index (χ0) is 29.5. The van der Waals surface area contributed by atoms with Crippen LogP contribution in [0.1, 0.15) is 16.7 Å². The van der Waals surface area contributed by atoms with Gasteiger partial charge in [0.05, 0.1) is 18.9 Å². The van der Waals surface area contributed by atoms with Crippen LogP contribution in [0, 0.1) is 20.8 Å². The number of hydrogen-bond donors (Lipinski definition) is 4. The molecule has 15 heteroatoms. The number of nitrogens with one attached hydrogen (secondary N) is 4. The maximum absolute atomic E-state index is 11.3. The molecule has 4 N–H and O–H groups in total. The van der Waals surface area contributed by atoms with E-state index in [1.165, 1.54) is 12.5 Å². The average Bonchev–Trinajstić information content (AvgIpc) is 3.73. The topological polar surface area (TPSA) is 202 Å². The molecule has 0 radical (unpaired) electrons. The lowest BCUT2D eigenvalue weighted by molar-refractivity contribution is 0.900. The Balaban J connectivity index is 0.000000142. The number of hydrogen-bond acceptors (Lipinski definition) is 9. The van der Waals surface area contributed by atoms with Crippen LogP contribution >= 0.6 is 0 Å². The molecule has 6 rings (SSSR count). The lowest BCUT2D eigenvalue weighted by atomic mass is 10.3. The smallest absolute Gasteiger partial charge is 0.254 e. The van der Waals surface area contributed by atoms with Crippen LogP contribution in [0.3, 0.4) is 0 Å². The van der Waals surface area contributed by atoms with E-state index in [1.807, 2.05) is 14.1 Å². The Morgan fingerprint density at radius 3 is 1.73 bits per heavy atom. The minimum atomic E-state index is -0.127. The fourth-order valence-electron chi connectivity index (χ4n) is 3.27. The number of H-pyrrole nitrogens is 4. The van der Waals surface area contributed by atoms with Gasteiger partial charge in [-0.3, -0.25) is 14.4 Å². The van der Waals surface area contributed by atoms with Gasteiger partial charge in [0.1, 0.15) is 11.4 Å². The quantitative estimate of drug-likeness (QED) is 0.249. The summed E-state index contributed by atoms with van der Waals surface area (Å²) in [4.78, 5) is 68.9. The Labute approximate surface area is 232 Å². The van der Waals surface area contributed by atoms with Crippen LogP contribution in [-0.2, 0) is 14.1 Å². The number of aromatic amines is 4. The molecule has 0 fully saturated rings. The highest BCUT2D eigenvalue weighted by atomic mass is 16.1. The van der Waals surface area contributed by atoms with Crippen molar-refractivity contribution in [3.63, 3.8) is 0 Å². The third kappa shape index (κ3) is 7.03. The van der Waals surface area contributed by atoms with Crippen LogP contribution < -0.4 is 16.7 Å². The molecule has 0 aliphatic carbocycles. The van der Waals surface area contributed by atoms with Crippen LogP contribution in [0.25, 0.3) is 34.7 Å². The summed E-state index contributed by atoms with van der Waals surface area (Å²) in [6.45, 7) is 5.14. The van der Waals surface area contributed by atoms with E-state index in [0.29, 0.717) is 51.4 Å². The van der Waals surface area contributed by atoms with Crippen molar-refractivity contribution in [3.05, 3.63) is 104 Å². The Hall–Kier alpha value is -5.73. The van der Waals surface area contributed by atoms with Crippen LogP contribution in [0.2, 0.25) is 0 Å². The molecule has 41 heavy (non-hydrogen) atoms. The van der Waals surface area contributed by atoms with Gasteiger partial charge in [0, 0.05) is 68.0 Å². The summed E-state index contributed by atoms with van der Waals surface area (Å²) in [6.07, 6.45) is 14.7. The van der Waals surface area contributed by atoms with Crippen molar-refractivity contribution in [2.45, 2.75) is 20.8 Å². The van der Waals surface area contributed by atoms with Crippen molar-refractivity contribution < 1.29 is 0 Å². The van der Waals surface area contributed by atoms with E-state index >= 15 is 0 Å². The first kappa shape index (κ1) is 28.3. The molecular formula is C26H28N12O3. The number of rotatable bonds is 3. The number of aromatic nitrogens is 12. The van der Waals surface area contributed by atoms with E-state index in [4.69, 9.17) is 0 Å². The fourth-order valence-corrected chi connectivity index (χ4v) is 3.27. The SMILES string of the molecule is Cc1cnc(-c2cn(C)cn2)[nH]c1=O.Cc1cnc(-c2cnc[nH]2)[nH]c1=O.Cc1cnc(-c2nccn2C)[nH]c1=O. The van der Waals surface area contributed by atoms with Crippen molar-refractivity contribution in [3.8, 4) is 34.7 Å². The summed E-state index contributed by atoms with van der Waals surface area (Å²) < 4.78 is 3.60. The highest BCUT2D eigenvalue weighted by molar-refractivity contribution is 5.47. The van der Waals surface area contributed by atoms with Gasteiger partial charge in [-0.05, 0) is 20.8 Å². The first-order valence-electron chi connectivity index (χ1n) is 12.2. The summed E-state index contributed by atoms with van der Waals surface area (Å²) in [6, 6.07) is 0.